The van der Waals surface area contributed by atoms with Crippen molar-refractivity contribution in [3.63, 3.8) is 0 Å². The third-order valence-corrected chi connectivity index (χ3v) is 37.2. The summed E-state index contributed by atoms with van der Waals surface area (Å²) in [5, 5.41) is 9.24. The molecule has 23 nitrogen and oxygen atoms in total. The molecule has 0 bridgehead atoms. The van der Waals surface area contributed by atoms with Gasteiger partial charge in [0.25, 0.3) is 23.6 Å². The lowest BCUT2D eigenvalue weighted by atomic mass is 9.72. The Morgan fingerprint density at radius 1 is 0.380 bits per heavy atom. The lowest BCUT2D eigenvalue weighted by molar-refractivity contribution is -0.156. The molecule has 6 aliphatic carbocycles. The van der Waals surface area contributed by atoms with Gasteiger partial charge in [0, 0.05) is 89.5 Å². The summed E-state index contributed by atoms with van der Waals surface area (Å²) >= 11 is 0. The van der Waals surface area contributed by atoms with Crippen LogP contribution in [0, 0.1) is 53.3 Å². The summed E-state index contributed by atoms with van der Waals surface area (Å²) in [7, 11) is -5.09. The number of carbonyl (C=O) groups excluding carboxylic acids is 10. The van der Waals surface area contributed by atoms with Crippen molar-refractivity contribution in [2.45, 2.75) is 319 Å². The van der Waals surface area contributed by atoms with Crippen LogP contribution in [-0.2, 0) is 70.8 Å². The quantitative estimate of drug-likeness (QED) is 0.0168. The Labute approximate surface area is 648 Å². The van der Waals surface area contributed by atoms with Gasteiger partial charge in [-0.15, -0.1) is 0 Å². The van der Waals surface area contributed by atoms with E-state index in [-0.39, 0.29) is 98.1 Å². The minimum absolute atomic E-state index is 0.0146. The zero-order valence-electron chi connectivity index (χ0n) is 67.0. The zero-order chi connectivity index (χ0) is 77.5. The van der Waals surface area contributed by atoms with E-state index in [9.17, 15) is 47.9 Å². The van der Waals surface area contributed by atoms with Gasteiger partial charge in [-0.1, -0.05) is 58.2 Å². The monoisotopic (exact) mass is 1560 g/mol. The first-order valence-electron chi connectivity index (χ1n) is 42.3. The molecule has 2 aliphatic heterocycles. The second kappa shape index (κ2) is 45.3. The lowest BCUT2D eigenvalue weighted by Crippen LogP contribution is -2.49. The molecule has 0 spiro atoms. The summed E-state index contributed by atoms with van der Waals surface area (Å²) < 4.78 is 47.2. The van der Waals surface area contributed by atoms with Crippen molar-refractivity contribution in [2.75, 3.05) is 59.3 Å². The molecule has 0 aromatic rings. The number of alkyl carbamates (subject to hydrolysis) is 3. The lowest BCUT2D eigenvalue weighted by Gasteiger charge is -2.38. The van der Waals surface area contributed by atoms with E-state index in [4.69, 9.17) is 37.3 Å². The molecule has 6 fully saturated rings. The Morgan fingerprint density at radius 3 is 1.05 bits per heavy atom. The first-order chi connectivity index (χ1) is 51.6. The predicted octanol–water partition coefficient (Wildman–Crippen LogP) is 15.5. The van der Waals surface area contributed by atoms with E-state index in [1.54, 1.807) is 0 Å². The maximum absolute atomic E-state index is 13.7. The Balaban J connectivity index is 0.629. The Kier molecular flexibility index (Phi) is 37.0. The minimum Gasteiger partial charge on any atom is -0.466 e. The van der Waals surface area contributed by atoms with Crippen molar-refractivity contribution < 1.29 is 85.2 Å². The Morgan fingerprint density at radius 2 is 0.694 bits per heavy atom. The summed E-state index contributed by atoms with van der Waals surface area (Å²) in [4.78, 5) is 127. The number of rotatable bonds is 43. The van der Waals surface area contributed by atoms with Gasteiger partial charge in [-0.2, -0.15) is 0 Å². The first kappa shape index (κ1) is 88.1. The molecule has 610 valence electrons. The fourth-order valence-corrected chi connectivity index (χ4v) is 36.6. The average molecular weight is 1570 g/mol. The molecule has 8 rings (SSSR count). The van der Waals surface area contributed by atoms with Crippen LogP contribution in [0.1, 0.15) is 238 Å². The molecule has 108 heavy (non-hydrogen) atoms. The van der Waals surface area contributed by atoms with Crippen LogP contribution >= 0.6 is 0 Å². The summed E-state index contributed by atoms with van der Waals surface area (Å²) in [6, 6.07) is 1.23. The third-order valence-electron chi connectivity index (χ3n) is 24.1. The number of imide groups is 2. The Hall–Kier alpha value is -5.45. The van der Waals surface area contributed by atoms with Crippen LogP contribution in [0.3, 0.4) is 0 Å². The van der Waals surface area contributed by atoms with Crippen LogP contribution in [0.5, 0.6) is 0 Å². The topological polar surface area (TPSA) is 287 Å². The van der Waals surface area contributed by atoms with Crippen LogP contribution in [0.2, 0.25) is 57.5 Å². The van der Waals surface area contributed by atoms with Crippen molar-refractivity contribution in [3.05, 3.63) is 24.3 Å². The first-order valence-corrected chi connectivity index (χ1v) is 52.2. The van der Waals surface area contributed by atoms with Gasteiger partial charge in [0.2, 0.25) is 0 Å². The molecule has 0 radical (unpaired) electrons. The Bertz CT molecular complexity index is 2860. The molecular weight excluding hydrogens is 1430 g/mol. The van der Waals surface area contributed by atoms with E-state index in [0.29, 0.717) is 138 Å². The molecule has 0 aromatic heterocycles. The van der Waals surface area contributed by atoms with Gasteiger partial charge in [-0.25, -0.2) is 14.4 Å². The highest BCUT2D eigenvalue weighted by Gasteiger charge is 2.39. The van der Waals surface area contributed by atoms with Gasteiger partial charge < -0.3 is 53.2 Å². The highest BCUT2D eigenvalue weighted by molar-refractivity contribution is 6.96. The van der Waals surface area contributed by atoms with Gasteiger partial charge in [-0.05, 0) is 271 Å². The van der Waals surface area contributed by atoms with Gasteiger partial charge in [0.15, 0.2) is 22.7 Å². The second-order valence-corrected chi connectivity index (χ2v) is 51.0. The zero-order valence-corrected chi connectivity index (χ0v) is 70.0. The maximum Gasteiger partial charge on any atom is 0.407 e. The summed E-state index contributed by atoms with van der Waals surface area (Å²) in [6.07, 6.45) is 36.9. The van der Waals surface area contributed by atoms with Gasteiger partial charge in [0.1, 0.15) is 6.61 Å². The van der Waals surface area contributed by atoms with Gasteiger partial charge in [0.05, 0.1) is 33.0 Å². The smallest absolute Gasteiger partial charge is 0.407 e. The van der Waals surface area contributed by atoms with Crippen LogP contribution in [-0.4, -0.2) is 178 Å². The fraction of sp³-hybridized carbons (Fsp3) is 0.829. The molecule has 2 unspecified atom stereocenters. The van der Waals surface area contributed by atoms with Crippen LogP contribution in [0.25, 0.3) is 0 Å². The van der Waals surface area contributed by atoms with E-state index in [1.165, 1.54) is 52.6 Å². The van der Waals surface area contributed by atoms with Crippen LogP contribution in [0.4, 0.5) is 14.4 Å². The number of hydrogen-bond acceptors (Lipinski definition) is 18. The number of nitrogens with zero attached hydrogens (tertiary/aromatic N) is 2. The molecule has 0 aromatic carbocycles. The molecule has 26 heteroatoms. The van der Waals surface area contributed by atoms with E-state index in [1.807, 2.05) is 0 Å². The van der Waals surface area contributed by atoms with Gasteiger partial charge >= 0.3 is 36.2 Å². The number of esters is 3. The molecule has 3 N–H and O–H groups in total. The van der Waals surface area contributed by atoms with E-state index in [2.05, 4.69) is 61.8 Å². The molecule has 7 amide bonds. The number of nitrogens with one attached hydrogen (secondary N) is 3. The molecular formula is C82H137N5O18Si3. The van der Waals surface area contributed by atoms with Crippen molar-refractivity contribution in [1.29, 1.82) is 0 Å². The molecule has 2 heterocycles. The highest BCUT2D eigenvalue weighted by Crippen LogP contribution is 2.42. The number of ether oxygens (including phenoxy) is 7. The average Bonchev–Trinajstić information content (AvgIpc) is 1.79. The van der Waals surface area contributed by atoms with Crippen molar-refractivity contribution >= 4 is 84.5 Å². The molecule has 8 aliphatic rings. The largest absolute Gasteiger partial charge is 0.466 e. The molecule has 0 saturated heterocycles. The highest BCUT2D eigenvalue weighted by atomic mass is 28.4. The SMILES string of the molecule is C[Si](C)(C)C[Si](C)(CCCOCC(COC(=O)NC1CCC(CC2CCC(NC(=O)OCCCCOC(=O)CC3CCC(CC4CCC(NC(=O)OCCCCN5C(=O)C=CC5=O)CC4)CC3)CC2)CC1)OC(=O)CC1CCC(CC2CCC(CC(=O)OCCCCN3C(=O)C=CC3=O)CC2)CC1)O[Si](C)(C)C. The van der Waals surface area contributed by atoms with Crippen LogP contribution < -0.4 is 16.0 Å². The predicted molar refractivity (Wildman–Crippen MR) is 420 cm³/mol. The maximum atomic E-state index is 13.7. The van der Waals surface area contributed by atoms with Crippen molar-refractivity contribution in [2.24, 2.45) is 53.3 Å². The summed E-state index contributed by atoms with van der Waals surface area (Å²) in [6.45, 7) is 18.9. The summed E-state index contributed by atoms with van der Waals surface area (Å²) in [5.74, 6) is 2.97. The number of hydrogen-bond donors (Lipinski definition) is 3. The van der Waals surface area contributed by atoms with Crippen molar-refractivity contribution in [3.8, 4) is 0 Å². The van der Waals surface area contributed by atoms with E-state index in [0.717, 1.165) is 173 Å². The fourth-order valence-electron chi connectivity index (χ4n) is 18.8. The third kappa shape index (κ3) is 33.9. The number of carbonyl (C=O) groups is 10. The number of unbranched alkanes of at least 4 members (excludes halogenated alkanes) is 3. The minimum atomic E-state index is -1.97. The van der Waals surface area contributed by atoms with E-state index < -0.39 is 43.0 Å². The van der Waals surface area contributed by atoms with E-state index >= 15 is 0 Å². The van der Waals surface area contributed by atoms with Crippen LogP contribution in [0.15, 0.2) is 24.3 Å². The normalized spacial score (nSPS) is 27.1. The second-order valence-electron chi connectivity index (χ2n) is 36.0. The standard InChI is InChI=1S/C82H137N5O18Si3/c1-106(2,3)59-108(7,105-107(4,5)6)50-14-45-98-57-72(104-79(94)56-68-25-19-61(20-26-68)51-60-15-21-66(22-16-60)54-77(92)99-46-10-8-43-86-73(88)39-40-74(86)89)58-103-82(97)85-71-37-31-65(32-38-71)53-64-29-35-70(36-30-64)84-81(96)102-49-13-12-47-100-78(93)55-67-23-17-62(18-24-67)52-63-27-33-69(34-28-63)83-80(95)101-48-11-9-44-87-75(90)41-42-76(87)91/h39-42,60-72H,8-38,43-59H2,1-7H3,(H,83,95)(H,84,96)(H,85,97). The van der Waals surface area contributed by atoms with Gasteiger partial charge in [-0.3, -0.25) is 43.4 Å². The molecule has 6 saturated carbocycles. The molecule has 2 atom stereocenters. The number of amides is 7. The van der Waals surface area contributed by atoms with Crippen molar-refractivity contribution in [1.82, 2.24) is 25.8 Å². The summed E-state index contributed by atoms with van der Waals surface area (Å²) in [5.41, 5.74) is 1.20.